The second-order valence-corrected chi connectivity index (χ2v) is 6.32. The number of hydrogen-bond acceptors (Lipinski definition) is 3. The maximum Gasteiger partial charge on any atom is 0.493 e. The van der Waals surface area contributed by atoms with Gasteiger partial charge in [-0.15, -0.1) is 0 Å². The maximum atomic E-state index is 5.81. The number of benzene rings is 1. The smallest absolute Gasteiger partial charge is 0.493 e. The van der Waals surface area contributed by atoms with Crippen molar-refractivity contribution < 1.29 is 14.0 Å². The van der Waals surface area contributed by atoms with E-state index in [2.05, 4.69) is 6.92 Å². The Kier molecular flexibility index (Phi) is 9.19. The van der Waals surface area contributed by atoms with Crippen molar-refractivity contribution in [2.75, 3.05) is 19.8 Å². The Morgan fingerprint density at radius 2 is 1.48 bits per heavy atom. The molecule has 0 amide bonds. The van der Waals surface area contributed by atoms with Crippen molar-refractivity contribution in [3.63, 3.8) is 0 Å². The van der Waals surface area contributed by atoms with Gasteiger partial charge in [-0.05, 0) is 30.4 Å². The lowest BCUT2D eigenvalue weighted by Gasteiger charge is -2.20. The molecule has 0 unspecified atom stereocenters. The van der Waals surface area contributed by atoms with Crippen LogP contribution in [0.15, 0.2) is 24.3 Å². The Labute approximate surface area is 141 Å². The van der Waals surface area contributed by atoms with Gasteiger partial charge in [-0.2, -0.15) is 0 Å². The van der Waals surface area contributed by atoms with E-state index in [0.717, 1.165) is 43.9 Å². The molecule has 0 N–H and O–H groups in total. The van der Waals surface area contributed by atoms with Crippen LogP contribution in [0.25, 0.3) is 0 Å². The predicted molar refractivity (Wildman–Crippen MR) is 96.5 cm³/mol. The lowest BCUT2D eigenvalue weighted by atomic mass is 9.78. The fourth-order valence-electron chi connectivity index (χ4n) is 2.83. The monoisotopic (exact) mass is 318 g/mol. The van der Waals surface area contributed by atoms with Crippen molar-refractivity contribution in [2.24, 2.45) is 0 Å². The first kappa shape index (κ1) is 18.3. The molecule has 23 heavy (non-hydrogen) atoms. The fraction of sp³-hybridized carbons (Fsp3) is 0.684. The highest BCUT2D eigenvalue weighted by atomic mass is 16.6. The molecule has 0 spiro atoms. The molecule has 1 aromatic rings. The zero-order chi connectivity index (χ0) is 16.2. The van der Waals surface area contributed by atoms with Gasteiger partial charge in [-0.3, -0.25) is 0 Å². The van der Waals surface area contributed by atoms with Crippen molar-refractivity contribution in [1.82, 2.24) is 0 Å². The second-order valence-electron chi connectivity index (χ2n) is 6.32. The van der Waals surface area contributed by atoms with E-state index in [4.69, 9.17) is 14.0 Å². The third kappa shape index (κ3) is 7.41. The van der Waals surface area contributed by atoms with Crippen molar-refractivity contribution in [3.8, 4) is 5.75 Å². The summed E-state index contributed by atoms with van der Waals surface area (Å²) in [5.74, 6) is 0.938. The van der Waals surface area contributed by atoms with Gasteiger partial charge in [0.25, 0.3) is 0 Å². The van der Waals surface area contributed by atoms with Crippen molar-refractivity contribution in [3.05, 3.63) is 24.3 Å². The summed E-state index contributed by atoms with van der Waals surface area (Å²) in [5, 5.41) is 0. The molecule has 0 aliphatic carbocycles. The first-order chi connectivity index (χ1) is 11.4. The van der Waals surface area contributed by atoms with Gasteiger partial charge in [0.15, 0.2) is 0 Å². The van der Waals surface area contributed by atoms with Crippen LogP contribution in [0.5, 0.6) is 5.75 Å². The van der Waals surface area contributed by atoms with Crippen LogP contribution in [0.1, 0.15) is 64.7 Å². The van der Waals surface area contributed by atoms with E-state index < -0.39 is 0 Å². The summed E-state index contributed by atoms with van der Waals surface area (Å²) in [6, 6.07) is 8.11. The highest BCUT2D eigenvalue weighted by Gasteiger charge is 2.23. The average Bonchev–Trinajstić information content (AvgIpc) is 2.62. The molecule has 0 bridgehead atoms. The number of rotatable bonds is 11. The molecule has 0 radical (unpaired) electrons. The largest absolute Gasteiger partial charge is 0.494 e. The molecule has 1 saturated heterocycles. The van der Waals surface area contributed by atoms with Crippen molar-refractivity contribution in [1.29, 1.82) is 0 Å². The minimum absolute atomic E-state index is 0.203. The van der Waals surface area contributed by atoms with Gasteiger partial charge >= 0.3 is 7.12 Å². The van der Waals surface area contributed by atoms with Crippen molar-refractivity contribution >= 4 is 12.6 Å². The zero-order valence-corrected chi connectivity index (χ0v) is 14.6. The normalized spacial score (nSPS) is 14.9. The van der Waals surface area contributed by atoms with Gasteiger partial charge in [-0.25, -0.2) is 0 Å². The van der Waals surface area contributed by atoms with Gasteiger partial charge in [0.1, 0.15) is 5.75 Å². The van der Waals surface area contributed by atoms with E-state index in [1.54, 1.807) is 0 Å². The standard InChI is InChI=1S/C19H31BO3/c1-2-3-4-5-6-7-8-9-15-21-19-13-11-18(12-14-19)20-22-16-10-17-23-20/h11-14H,2-10,15-17H2,1H3. The average molecular weight is 318 g/mol. The lowest BCUT2D eigenvalue weighted by Crippen LogP contribution is -2.40. The first-order valence-electron chi connectivity index (χ1n) is 9.36. The highest BCUT2D eigenvalue weighted by Crippen LogP contribution is 2.12. The SMILES string of the molecule is CCCCCCCCCCOc1ccc(B2OCCCO2)cc1. The van der Waals surface area contributed by atoms with Gasteiger partial charge in [-0.1, -0.05) is 64.0 Å². The molecule has 1 fully saturated rings. The molecule has 1 aliphatic rings. The quantitative estimate of drug-likeness (QED) is 0.449. The summed E-state index contributed by atoms with van der Waals surface area (Å²) in [5.41, 5.74) is 1.07. The Morgan fingerprint density at radius 1 is 0.870 bits per heavy atom. The topological polar surface area (TPSA) is 27.7 Å². The van der Waals surface area contributed by atoms with E-state index in [0.29, 0.717) is 0 Å². The summed E-state index contributed by atoms with van der Waals surface area (Å²) in [7, 11) is -0.203. The molecule has 0 atom stereocenters. The Morgan fingerprint density at radius 3 is 2.13 bits per heavy atom. The summed E-state index contributed by atoms with van der Waals surface area (Å²) in [4.78, 5) is 0. The molecule has 1 aliphatic heterocycles. The van der Waals surface area contributed by atoms with E-state index in [1.165, 1.54) is 44.9 Å². The third-order valence-corrected chi connectivity index (χ3v) is 4.25. The van der Waals surface area contributed by atoms with Gasteiger partial charge in [0, 0.05) is 13.2 Å². The lowest BCUT2D eigenvalue weighted by molar-refractivity contribution is 0.143. The number of ether oxygens (including phenoxy) is 1. The molecule has 4 heteroatoms. The molecule has 0 aromatic heterocycles. The van der Waals surface area contributed by atoms with Crippen LogP contribution in [-0.2, 0) is 9.31 Å². The Hall–Kier alpha value is -0.995. The molecule has 128 valence electrons. The molecular weight excluding hydrogens is 287 g/mol. The molecule has 2 rings (SSSR count). The molecule has 1 heterocycles. The van der Waals surface area contributed by atoms with Crippen LogP contribution in [-0.4, -0.2) is 26.9 Å². The molecule has 1 aromatic carbocycles. The van der Waals surface area contributed by atoms with E-state index in [9.17, 15) is 0 Å². The minimum atomic E-state index is -0.203. The first-order valence-corrected chi connectivity index (χ1v) is 9.36. The van der Waals surface area contributed by atoms with Crippen LogP contribution in [0.4, 0.5) is 0 Å². The van der Waals surface area contributed by atoms with Gasteiger partial charge in [0.2, 0.25) is 0 Å². The fourth-order valence-corrected chi connectivity index (χ4v) is 2.83. The maximum absolute atomic E-state index is 5.81. The van der Waals surface area contributed by atoms with Gasteiger partial charge < -0.3 is 14.0 Å². The molecule has 0 saturated carbocycles. The van der Waals surface area contributed by atoms with Crippen LogP contribution in [0, 0.1) is 0 Å². The Balaban J connectivity index is 1.54. The third-order valence-electron chi connectivity index (χ3n) is 4.25. The summed E-state index contributed by atoms with van der Waals surface area (Å²) in [6.45, 7) is 4.63. The van der Waals surface area contributed by atoms with Crippen LogP contribution >= 0.6 is 0 Å². The number of unbranched alkanes of at least 4 members (excludes halogenated alkanes) is 7. The van der Waals surface area contributed by atoms with Crippen LogP contribution in [0.2, 0.25) is 0 Å². The predicted octanol–water partition coefficient (Wildman–Crippen LogP) is 4.34. The van der Waals surface area contributed by atoms with Crippen LogP contribution in [0.3, 0.4) is 0 Å². The minimum Gasteiger partial charge on any atom is -0.494 e. The zero-order valence-electron chi connectivity index (χ0n) is 14.6. The number of hydrogen-bond donors (Lipinski definition) is 0. The second kappa shape index (κ2) is 11.5. The van der Waals surface area contributed by atoms with Crippen molar-refractivity contribution in [2.45, 2.75) is 64.7 Å². The van der Waals surface area contributed by atoms with Crippen LogP contribution < -0.4 is 10.2 Å². The van der Waals surface area contributed by atoms with E-state index in [1.807, 2.05) is 24.3 Å². The summed E-state index contributed by atoms with van der Waals surface area (Å²) < 4.78 is 17.0. The summed E-state index contributed by atoms with van der Waals surface area (Å²) >= 11 is 0. The molecular formula is C19H31BO3. The Bertz CT molecular complexity index is 402. The van der Waals surface area contributed by atoms with Gasteiger partial charge in [0.05, 0.1) is 6.61 Å². The summed E-state index contributed by atoms with van der Waals surface area (Å²) in [6.07, 6.45) is 11.6. The van der Waals surface area contributed by atoms with E-state index >= 15 is 0 Å². The van der Waals surface area contributed by atoms with E-state index in [-0.39, 0.29) is 7.12 Å². The highest BCUT2D eigenvalue weighted by molar-refractivity contribution is 6.61. The molecule has 3 nitrogen and oxygen atoms in total.